The zero-order valence-corrected chi connectivity index (χ0v) is 13.1. The summed E-state index contributed by atoms with van der Waals surface area (Å²) >= 11 is 0. The molecule has 1 aromatic carbocycles. The normalized spacial score (nSPS) is 13.2. The van der Waals surface area contributed by atoms with Crippen LogP contribution in [0.3, 0.4) is 0 Å². The summed E-state index contributed by atoms with van der Waals surface area (Å²) in [5.74, 6) is 0.0764. The van der Waals surface area contributed by atoms with Crippen LogP contribution in [0.2, 0.25) is 0 Å². The molecule has 3 rings (SSSR count). The number of nitrogens with one attached hydrogen (secondary N) is 1. The molecule has 2 amide bonds. The fraction of sp³-hybridized carbons (Fsp3) is 0.235. The molecule has 0 fully saturated rings. The number of aromatic nitrogens is 1. The third-order valence-electron chi connectivity index (χ3n) is 3.83. The number of rotatable bonds is 3. The zero-order valence-electron chi connectivity index (χ0n) is 13.1. The number of amides is 2. The number of nitrogens with zero attached hydrogens (tertiary/aromatic N) is 3. The highest BCUT2D eigenvalue weighted by Gasteiger charge is 2.30. The van der Waals surface area contributed by atoms with Crippen molar-refractivity contribution < 1.29 is 9.59 Å². The minimum absolute atomic E-state index is 0.127. The van der Waals surface area contributed by atoms with Gasteiger partial charge in [-0.05, 0) is 37.9 Å². The number of carbonyl (C=O) groups is 2. The molecule has 2 aromatic rings. The minimum Gasteiger partial charge on any atom is -0.319 e. The summed E-state index contributed by atoms with van der Waals surface area (Å²) in [5, 5.41) is 2.82. The van der Waals surface area contributed by atoms with Crippen LogP contribution < -0.4 is 10.2 Å². The van der Waals surface area contributed by atoms with Crippen molar-refractivity contribution in [2.45, 2.75) is 6.92 Å². The number of pyridine rings is 1. The van der Waals surface area contributed by atoms with Crippen LogP contribution in [-0.2, 0) is 4.79 Å². The van der Waals surface area contributed by atoms with Crippen molar-refractivity contribution in [2.24, 2.45) is 0 Å². The Morgan fingerprint density at radius 1 is 1.26 bits per heavy atom. The summed E-state index contributed by atoms with van der Waals surface area (Å²) in [4.78, 5) is 33.0. The van der Waals surface area contributed by atoms with Crippen LogP contribution in [0, 0.1) is 0 Å². The summed E-state index contributed by atoms with van der Waals surface area (Å²) in [6.45, 7) is 2.99. The van der Waals surface area contributed by atoms with Gasteiger partial charge in [0.1, 0.15) is 0 Å². The van der Waals surface area contributed by atoms with Gasteiger partial charge in [0.2, 0.25) is 5.91 Å². The van der Waals surface area contributed by atoms with Gasteiger partial charge in [-0.3, -0.25) is 19.4 Å². The lowest BCUT2D eigenvalue weighted by atomic mass is 10.1. The van der Waals surface area contributed by atoms with Crippen LogP contribution in [0.5, 0.6) is 0 Å². The third kappa shape index (κ3) is 2.80. The molecule has 1 N–H and O–H groups in total. The maximum Gasteiger partial charge on any atom is 0.257 e. The Kier molecular flexibility index (Phi) is 4.08. The standard InChI is InChI=1S/C17H18N4O2/c1-3-20(2)11-15(22)21-14-9-5-4-7-12(14)17(23)19-13-8-6-10-18-16(13)21/h4-10H,3,11H2,1-2H3,(H,19,23). The molecule has 0 aliphatic carbocycles. The van der Waals surface area contributed by atoms with Gasteiger partial charge < -0.3 is 5.32 Å². The molecule has 6 heteroatoms. The first-order valence-electron chi connectivity index (χ1n) is 7.48. The number of para-hydroxylation sites is 1. The average molecular weight is 310 g/mol. The van der Waals surface area contributed by atoms with Gasteiger partial charge in [0.15, 0.2) is 5.82 Å². The Hall–Kier alpha value is -2.73. The smallest absolute Gasteiger partial charge is 0.257 e. The Morgan fingerprint density at radius 2 is 2.04 bits per heavy atom. The van der Waals surface area contributed by atoms with Crippen molar-refractivity contribution in [3.63, 3.8) is 0 Å². The summed E-state index contributed by atoms with van der Waals surface area (Å²) in [7, 11) is 1.88. The first-order valence-corrected chi connectivity index (χ1v) is 7.48. The highest BCUT2D eigenvalue weighted by Crippen LogP contribution is 2.36. The molecule has 0 saturated heterocycles. The van der Waals surface area contributed by atoms with Gasteiger partial charge >= 0.3 is 0 Å². The van der Waals surface area contributed by atoms with E-state index >= 15 is 0 Å². The fourth-order valence-electron chi connectivity index (χ4n) is 2.50. The van der Waals surface area contributed by atoms with Crippen molar-refractivity contribution in [3.05, 3.63) is 48.2 Å². The summed E-state index contributed by atoms with van der Waals surface area (Å²) < 4.78 is 0. The topological polar surface area (TPSA) is 65.5 Å². The van der Waals surface area contributed by atoms with Gasteiger partial charge in [-0.1, -0.05) is 19.1 Å². The van der Waals surface area contributed by atoms with E-state index in [2.05, 4.69) is 10.3 Å². The molecule has 2 heterocycles. The van der Waals surface area contributed by atoms with Gasteiger partial charge in [-0.2, -0.15) is 0 Å². The van der Waals surface area contributed by atoms with E-state index in [4.69, 9.17) is 0 Å². The van der Waals surface area contributed by atoms with E-state index in [0.29, 0.717) is 22.8 Å². The molecule has 6 nitrogen and oxygen atoms in total. The number of benzene rings is 1. The number of likely N-dealkylation sites (N-methyl/N-ethyl adjacent to an activating group) is 1. The monoisotopic (exact) mass is 310 g/mol. The zero-order chi connectivity index (χ0) is 16.4. The second-order valence-corrected chi connectivity index (χ2v) is 5.41. The van der Waals surface area contributed by atoms with Gasteiger partial charge in [0, 0.05) is 6.20 Å². The Labute approximate surface area is 134 Å². The second kappa shape index (κ2) is 6.18. The van der Waals surface area contributed by atoms with Crippen LogP contribution in [0.1, 0.15) is 17.3 Å². The van der Waals surface area contributed by atoms with Gasteiger partial charge in [-0.15, -0.1) is 0 Å². The lowest BCUT2D eigenvalue weighted by Gasteiger charge is -2.25. The molecule has 0 saturated carbocycles. The summed E-state index contributed by atoms with van der Waals surface area (Å²) in [5.41, 5.74) is 1.54. The molecule has 1 aliphatic rings. The fourth-order valence-corrected chi connectivity index (χ4v) is 2.50. The molecule has 23 heavy (non-hydrogen) atoms. The first-order chi connectivity index (χ1) is 11.1. The molecule has 118 valence electrons. The molecular weight excluding hydrogens is 292 g/mol. The van der Waals surface area contributed by atoms with Crippen LogP contribution in [0.15, 0.2) is 42.6 Å². The Bertz CT molecular complexity index is 760. The van der Waals surface area contributed by atoms with Crippen LogP contribution in [0.25, 0.3) is 0 Å². The predicted molar refractivity (Wildman–Crippen MR) is 88.9 cm³/mol. The number of hydrogen-bond acceptors (Lipinski definition) is 4. The predicted octanol–water partition coefficient (Wildman–Crippen LogP) is 2.26. The van der Waals surface area contributed by atoms with Crippen LogP contribution in [-0.4, -0.2) is 41.8 Å². The molecule has 1 aliphatic heterocycles. The van der Waals surface area contributed by atoms with Crippen molar-refractivity contribution in [3.8, 4) is 0 Å². The van der Waals surface area contributed by atoms with Crippen molar-refractivity contribution in [1.82, 2.24) is 9.88 Å². The lowest BCUT2D eigenvalue weighted by Crippen LogP contribution is -2.36. The van der Waals surface area contributed by atoms with Gasteiger partial charge in [-0.25, -0.2) is 4.98 Å². The highest BCUT2D eigenvalue weighted by molar-refractivity contribution is 6.17. The van der Waals surface area contributed by atoms with Crippen molar-refractivity contribution >= 4 is 29.0 Å². The third-order valence-corrected chi connectivity index (χ3v) is 3.83. The van der Waals surface area contributed by atoms with Crippen molar-refractivity contribution in [2.75, 3.05) is 30.4 Å². The minimum atomic E-state index is -0.242. The first kappa shape index (κ1) is 15.2. The number of fused-ring (bicyclic) bond motifs is 2. The van der Waals surface area contributed by atoms with Crippen LogP contribution in [0.4, 0.5) is 17.2 Å². The van der Waals surface area contributed by atoms with Crippen LogP contribution >= 0.6 is 0 Å². The highest BCUT2D eigenvalue weighted by atomic mass is 16.2. The molecule has 0 unspecified atom stereocenters. The molecule has 0 atom stereocenters. The van der Waals surface area contributed by atoms with E-state index in [9.17, 15) is 9.59 Å². The maximum atomic E-state index is 12.9. The molecule has 0 radical (unpaired) electrons. The van der Waals surface area contributed by atoms with E-state index in [1.165, 1.54) is 4.90 Å². The second-order valence-electron chi connectivity index (χ2n) is 5.41. The average Bonchev–Trinajstić information content (AvgIpc) is 2.68. The van der Waals surface area contributed by atoms with E-state index < -0.39 is 0 Å². The maximum absolute atomic E-state index is 12.9. The molecular formula is C17H18N4O2. The Balaban J connectivity index is 2.14. The quantitative estimate of drug-likeness (QED) is 0.944. The summed E-state index contributed by atoms with van der Waals surface area (Å²) in [6.07, 6.45) is 1.61. The van der Waals surface area contributed by atoms with E-state index in [1.807, 2.05) is 24.9 Å². The molecule has 1 aromatic heterocycles. The van der Waals surface area contributed by atoms with E-state index in [1.54, 1.807) is 36.5 Å². The SMILES string of the molecule is CCN(C)CC(=O)N1c2ccccc2C(=O)Nc2cccnc21. The van der Waals surface area contributed by atoms with Gasteiger partial charge in [0.05, 0.1) is 23.5 Å². The number of anilines is 3. The Morgan fingerprint density at radius 3 is 2.83 bits per heavy atom. The number of carbonyl (C=O) groups excluding carboxylic acids is 2. The number of hydrogen-bond donors (Lipinski definition) is 1. The van der Waals surface area contributed by atoms with E-state index in [-0.39, 0.29) is 18.4 Å². The van der Waals surface area contributed by atoms with Gasteiger partial charge in [0.25, 0.3) is 5.91 Å². The summed E-state index contributed by atoms with van der Waals surface area (Å²) in [6, 6.07) is 10.5. The lowest BCUT2D eigenvalue weighted by molar-refractivity contribution is -0.118. The largest absolute Gasteiger partial charge is 0.319 e. The van der Waals surface area contributed by atoms with E-state index in [0.717, 1.165) is 6.54 Å². The van der Waals surface area contributed by atoms with Crippen molar-refractivity contribution in [1.29, 1.82) is 0 Å². The molecule has 0 bridgehead atoms. The molecule has 0 spiro atoms.